The van der Waals surface area contributed by atoms with Crippen molar-refractivity contribution in [2.45, 2.75) is 6.61 Å². The number of benzene rings is 1. The van der Waals surface area contributed by atoms with Crippen LogP contribution in [0.3, 0.4) is 0 Å². The largest absolute Gasteiger partial charge is 0.496 e. The Morgan fingerprint density at radius 1 is 1.30 bits per heavy atom. The summed E-state index contributed by atoms with van der Waals surface area (Å²) in [4.78, 5) is 15.6. The fourth-order valence-corrected chi connectivity index (χ4v) is 2.46. The van der Waals surface area contributed by atoms with E-state index in [0.29, 0.717) is 16.4 Å². The summed E-state index contributed by atoms with van der Waals surface area (Å²) in [6.07, 6.45) is 3.11. The number of imidazole rings is 1. The Bertz CT molecular complexity index is 876. The summed E-state index contributed by atoms with van der Waals surface area (Å²) in [7, 11) is 1.54. The van der Waals surface area contributed by atoms with Gasteiger partial charge in [0.2, 0.25) is 0 Å². The molecule has 7 heteroatoms. The van der Waals surface area contributed by atoms with Crippen LogP contribution in [0.25, 0.3) is 5.65 Å². The number of fused-ring (bicyclic) bond motifs is 1. The Morgan fingerprint density at radius 3 is 2.87 bits per heavy atom. The van der Waals surface area contributed by atoms with Gasteiger partial charge in [-0.2, -0.15) is 0 Å². The average Bonchev–Trinajstić information content (AvgIpc) is 3.01. The van der Waals surface area contributed by atoms with Crippen LogP contribution in [0.1, 0.15) is 16.1 Å². The Kier molecular flexibility index (Phi) is 4.08. The number of aromatic nitrogens is 2. The second kappa shape index (κ2) is 6.18. The lowest BCUT2D eigenvalue weighted by Crippen LogP contribution is -2.09. The zero-order valence-corrected chi connectivity index (χ0v) is 12.9. The van der Waals surface area contributed by atoms with Crippen LogP contribution < -0.4 is 9.47 Å². The van der Waals surface area contributed by atoms with Gasteiger partial charge in [0.25, 0.3) is 0 Å². The molecule has 1 aromatic carbocycles. The first kappa shape index (κ1) is 15.2. The third kappa shape index (κ3) is 2.93. The molecule has 0 saturated carbocycles. The molecule has 0 fully saturated rings. The van der Waals surface area contributed by atoms with Crippen LogP contribution in [0.15, 0.2) is 42.7 Å². The molecule has 0 aliphatic carbocycles. The Labute approximate surface area is 136 Å². The van der Waals surface area contributed by atoms with Gasteiger partial charge in [-0.25, -0.2) is 9.78 Å². The van der Waals surface area contributed by atoms with Gasteiger partial charge >= 0.3 is 5.97 Å². The van der Waals surface area contributed by atoms with Crippen molar-refractivity contribution in [1.82, 2.24) is 9.38 Å². The minimum atomic E-state index is -1.09. The van der Waals surface area contributed by atoms with Gasteiger partial charge in [-0.05, 0) is 24.3 Å². The maximum absolute atomic E-state index is 11.5. The van der Waals surface area contributed by atoms with Gasteiger partial charge in [0, 0.05) is 23.0 Å². The second-order valence-electron chi connectivity index (χ2n) is 4.75. The molecule has 0 saturated heterocycles. The van der Waals surface area contributed by atoms with Crippen LogP contribution in [0.5, 0.6) is 11.5 Å². The van der Waals surface area contributed by atoms with Gasteiger partial charge in [0.05, 0.1) is 7.11 Å². The van der Waals surface area contributed by atoms with Gasteiger partial charge in [-0.15, -0.1) is 0 Å². The topological polar surface area (TPSA) is 73.1 Å². The minimum Gasteiger partial charge on any atom is -0.496 e. The third-order valence-corrected chi connectivity index (χ3v) is 3.60. The molecule has 6 nitrogen and oxygen atoms in total. The summed E-state index contributed by atoms with van der Waals surface area (Å²) >= 11 is 5.92. The number of hydrogen-bond acceptors (Lipinski definition) is 4. The lowest BCUT2D eigenvalue weighted by molar-refractivity contribution is 0.0683. The number of halogens is 1. The predicted molar refractivity (Wildman–Crippen MR) is 84.5 cm³/mol. The normalized spacial score (nSPS) is 10.7. The molecule has 0 radical (unpaired) electrons. The molecule has 2 heterocycles. The number of nitrogens with zero attached hydrogens (tertiary/aromatic N) is 2. The highest BCUT2D eigenvalue weighted by Crippen LogP contribution is 2.26. The number of ether oxygens (including phenoxy) is 2. The fourth-order valence-electron chi connectivity index (χ4n) is 2.29. The second-order valence-corrected chi connectivity index (χ2v) is 5.19. The fraction of sp³-hybridized carbons (Fsp3) is 0.125. The van der Waals surface area contributed by atoms with Crippen molar-refractivity contribution < 1.29 is 19.4 Å². The van der Waals surface area contributed by atoms with E-state index < -0.39 is 5.97 Å². The summed E-state index contributed by atoms with van der Waals surface area (Å²) in [6, 6.07) is 8.46. The zero-order chi connectivity index (χ0) is 16.4. The highest BCUT2D eigenvalue weighted by molar-refractivity contribution is 6.30. The molecule has 0 aliphatic rings. The van der Waals surface area contributed by atoms with Crippen LogP contribution in [0.2, 0.25) is 5.02 Å². The highest BCUT2D eigenvalue weighted by atomic mass is 35.5. The van der Waals surface area contributed by atoms with E-state index in [1.807, 2.05) is 0 Å². The molecule has 2 aromatic heterocycles. The van der Waals surface area contributed by atoms with E-state index >= 15 is 0 Å². The smallest absolute Gasteiger partial charge is 0.356 e. The first-order chi connectivity index (χ1) is 11.1. The van der Waals surface area contributed by atoms with E-state index in [9.17, 15) is 9.90 Å². The van der Waals surface area contributed by atoms with Crippen LogP contribution in [-0.2, 0) is 6.61 Å². The molecule has 3 aromatic rings. The quantitative estimate of drug-likeness (QED) is 0.776. The number of carboxylic acids is 1. The monoisotopic (exact) mass is 332 g/mol. The van der Waals surface area contributed by atoms with Crippen molar-refractivity contribution >= 4 is 23.2 Å². The van der Waals surface area contributed by atoms with E-state index in [4.69, 9.17) is 21.1 Å². The minimum absolute atomic E-state index is 0.0212. The summed E-state index contributed by atoms with van der Waals surface area (Å²) in [6.45, 7) is 0.154. The van der Waals surface area contributed by atoms with E-state index in [-0.39, 0.29) is 18.1 Å². The number of aromatic carboxylic acids is 1. The summed E-state index contributed by atoms with van der Waals surface area (Å²) < 4.78 is 12.4. The van der Waals surface area contributed by atoms with Crippen LogP contribution >= 0.6 is 11.6 Å². The van der Waals surface area contributed by atoms with Gasteiger partial charge in [-0.3, -0.25) is 4.40 Å². The van der Waals surface area contributed by atoms with Crippen molar-refractivity contribution in [2.24, 2.45) is 0 Å². The molecule has 0 bridgehead atoms. The standard InChI is InChI=1S/C16H13ClN2O4/c1-22-13-8-11(17)3-2-10(13)9-23-12-4-5-14-18-6-7-19(14)15(12)16(20)21/h2-8H,9H2,1H3,(H,20,21). The number of methoxy groups -OCH3 is 1. The molecule has 118 valence electrons. The highest BCUT2D eigenvalue weighted by Gasteiger charge is 2.17. The molecule has 1 N–H and O–H groups in total. The van der Waals surface area contributed by atoms with E-state index in [0.717, 1.165) is 5.56 Å². The molecule has 0 aliphatic heterocycles. The summed E-state index contributed by atoms with van der Waals surface area (Å²) in [5.74, 6) is -0.259. The van der Waals surface area contributed by atoms with Crippen LogP contribution in [0, 0.1) is 0 Å². The molecule has 0 atom stereocenters. The van der Waals surface area contributed by atoms with E-state index in [1.165, 1.54) is 17.7 Å². The Balaban J connectivity index is 1.93. The number of pyridine rings is 1. The molecular formula is C16H13ClN2O4. The summed E-state index contributed by atoms with van der Waals surface area (Å²) in [5.41, 5.74) is 1.32. The first-order valence-corrected chi connectivity index (χ1v) is 7.12. The summed E-state index contributed by atoms with van der Waals surface area (Å²) in [5, 5.41) is 10.00. The Morgan fingerprint density at radius 2 is 2.13 bits per heavy atom. The number of rotatable bonds is 5. The van der Waals surface area contributed by atoms with Gasteiger partial charge in [0.1, 0.15) is 18.0 Å². The average molecular weight is 333 g/mol. The lowest BCUT2D eigenvalue weighted by Gasteiger charge is -2.13. The predicted octanol–water partition coefficient (Wildman–Crippen LogP) is 3.27. The van der Waals surface area contributed by atoms with Crippen molar-refractivity contribution in [3.8, 4) is 11.5 Å². The lowest BCUT2D eigenvalue weighted by atomic mass is 10.2. The first-order valence-electron chi connectivity index (χ1n) is 6.74. The molecule has 0 spiro atoms. The SMILES string of the molecule is COc1cc(Cl)ccc1COc1ccc2nccn2c1C(=O)O. The Hall–Kier alpha value is -2.73. The maximum atomic E-state index is 11.5. The molecule has 3 rings (SSSR count). The number of carboxylic acid groups (broad SMARTS) is 1. The zero-order valence-electron chi connectivity index (χ0n) is 12.2. The van der Waals surface area contributed by atoms with E-state index in [1.54, 1.807) is 36.5 Å². The van der Waals surface area contributed by atoms with Gasteiger partial charge in [0.15, 0.2) is 11.4 Å². The van der Waals surface area contributed by atoms with Crippen molar-refractivity contribution in [3.63, 3.8) is 0 Å². The van der Waals surface area contributed by atoms with Gasteiger partial charge < -0.3 is 14.6 Å². The van der Waals surface area contributed by atoms with E-state index in [2.05, 4.69) is 4.98 Å². The number of carbonyl (C=O) groups is 1. The molecule has 0 amide bonds. The van der Waals surface area contributed by atoms with Crippen molar-refractivity contribution in [3.05, 3.63) is 59.0 Å². The van der Waals surface area contributed by atoms with Crippen LogP contribution in [0.4, 0.5) is 0 Å². The third-order valence-electron chi connectivity index (χ3n) is 3.36. The van der Waals surface area contributed by atoms with Crippen molar-refractivity contribution in [1.29, 1.82) is 0 Å². The van der Waals surface area contributed by atoms with Gasteiger partial charge in [-0.1, -0.05) is 17.7 Å². The number of hydrogen-bond donors (Lipinski definition) is 1. The van der Waals surface area contributed by atoms with Crippen molar-refractivity contribution in [2.75, 3.05) is 7.11 Å². The molecule has 23 heavy (non-hydrogen) atoms. The molecule has 0 unspecified atom stereocenters. The molecular weight excluding hydrogens is 320 g/mol. The van der Waals surface area contributed by atoms with Crippen LogP contribution in [-0.4, -0.2) is 27.6 Å². The maximum Gasteiger partial charge on any atom is 0.356 e.